The van der Waals surface area contributed by atoms with E-state index >= 15 is 0 Å². The van der Waals surface area contributed by atoms with Gasteiger partial charge in [0.15, 0.2) is 0 Å². The number of fused-ring (bicyclic) bond motifs is 1. The van der Waals surface area contributed by atoms with E-state index in [0.29, 0.717) is 6.04 Å². The van der Waals surface area contributed by atoms with Gasteiger partial charge in [-0.1, -0.05) is 19.1 Å². The highest BCUT2D eigenvalue weighted by Crippen LogP contribution is 2.36. The second kappa shape index (κ2) is 3.81. The van der Waals surface area contributed by atoms with E-state index in [0.717, 1.165) is 11.4 Å². The van der Waals surface area contributed by atoms with Gasteiger partial charge in [-0.15, -0.1) is 0 Å². The number of nitrogens with one attached hydrogen (secondary N) is 2. The fourth-order valence-corrected chi connectivity index (χ4v) is 2.34. The van der Waals surface area contributed by atoms with Gasteiger partial charge < -0.3 is 5.32 Å². The number of aromatic amines is 1. The van der Waals surface area contributed by atoms with Crippen molar-refractivity contribution >= 4 is 16.6 Å². The van der Waals surface area contributed by atoms with Crippen LogP contribution in [0.15, 0.2) is 24.4 Å². The molecule has 16 heavy (non-hydrogen) atoms. The first-order valence-corrected chi connectivity index (χ1v) is 6.07. The summed E-state index contributed by atoms with van der Waals surface area (Å²) in [5.74, 6) is 0.878. The molecule has 0 radical (unpaired) electrons. The van der Waals surface area contributed by atoms with Crippen molar-refractivity contribution in [2.45, 2.75) is 32.2 Å². The lowest BCUT2D eigenvalue weighted by molar-refractivity contribution is 0.617. The zero-order chi connectivity index (χ0) is 11.0. The van der Waals surface area contributed by atoms with E-state index in [1.807, 2.05) is 6.20 Å². The van der Waals surface area contributed by atoms with Crippen LogP contribution in [0.1, 0.15) is 26.2 Å². The number of hydrogen-bond acceptors (Lipinski definition) is 2. The SMILES string of the molecule is CCC(Nc1cccc2cn[nH]c12)C1CC1. The van der Waals surface area contributed by atoms with E-state index < -0.39 is 0 Å². The van der Waals surface area contributed by atoms with Gasteiger partial charge in [-0.25, -0.2) is 0 Å². The van der Waals surface area contributed by atoms with Gasteiger partial charge in [-0.05, 0) is 31.2 Å². The first kappa shape index (κ1) is 9.70. The topological polar surface area (TPSA) is 40.7 Å². The molecule has 1 atom stereocenters. The van der Waals surface area contributed by atoms with Gasteiger partial charge >= 0.3 is 0 Å². The Kier molecular flexibility index (Phi) is 2.31. The Hall–Kier alpha value is -1.51. The number of nitrogens with zero attached hydrogens (tertiary/aromatic N) is 1. The Labute approximate surface area is 95.2 Å². The molecule has 0 saturated heterocycles. The molecule has 1 aromatic heterocycles. The maximum atomic E-state index is 4.09. The smallest absolute Gasteiger partial charge is 0.0881 e. The van der Waals surface area contributed by atoms with Crippen molar-refractivity contribution in [3.8, 4) is 0 Å². The molecule has 84 valence electrons. The van der Waals surface area contributed by atoms with Crippen LogP contribution in [0, 0.1) is 5.92 Å². The Morgan fingerprint density at radius 3 is 3.12 bits per heavy atom. The lowest BCUT2D eigenvalue weighted by atomic mass is 10.1. The first-order chi connectivity index (χ1) is 7.88. The average molecular weight is 215 g/mol. The minimum Gasteiger partial charge on any atom is -0.380 e. The zero-order valence-electron chi connectivity index (χ0n) is 9.53. The summed E-state index contributed by atoms with van der Waals surface area (Å²) >= 11 is 0. The van der Waals surface area contributed by atoms with Crippen LogP contribution in [-0.2, 0) is 0 Å². The molecule has 3 heteroatoms. The minimum absolute atomic E-state index is 0.619. The molecule has 2 aromatic rings. The molecule has 0 amide bonds. The third kappa shape index (κ3) is 1.66. The van der Waals surface area contributed by atoms with E-state index in [1.54, 1.807) is 0 Å². The van der Waals surface area contributed by atoms with Crippen LogP contribution in [0.4, 0.5) is 5.69 Å². The molecular weight excluding hydrogens is 198 g/mol. The van der Waals surface area contributed by atoms with Crippen molar-refractivity contribution in [1.82, 2.24) is 10.2 Å². The van der Waals surface area contributed by atoms with Gasteiger partial charge in [0, 0.05) is 11.4 Å². The summed E-state index contributed by atoms with van der Waals surface area (Å²) in [7, 11) is 0. The normalized spacial score (nSPS) is 17.6. The number of para-hydroxylation sites is 1. The van der Waals surface area contributed by atoms with Crippen LogP contribution in [-0.4, -0.2) is 16.2 Å². The van der Waals surface area contributed by atoms with Gasteiger partial charge in [-0.2, -0.15) is 5.10 Å². The van der Waals surface area contributed by atoms with Gasteiger partial charge in [0.1, 0.15) is 0 Å². The maximum absolute atomic E-state index is 4.09. The number of H-pyrrole nitrogens is 1. The number of aromatic nitrogens is 2. The Balaban J connectivity index is 1.89. The molecule has 0 bridgehead atoms. The summed E-state index contributed by atoms with van der Waals surface area (Å²) in [4.78, 5) is 0. The van der Waals surface area contributed by atoms with Gasteiger partial charge in [0.05, 0.1) is 17.4 Å². The highest BCUT2D eigenvalue weighted by molar-refractivity contribution is 5.90. The van der Waals surface area contributed by atoms with Crippen LogP contribution in [0.5, 0.6) is 0 Å². The summed E-state index contributed by atoms with van der Waals surface area (Å²) in [6, 6.07) is 6.92. The van der Waals surface area contributed by atoms with Crippen molar-refractivity contribution in [3.05, 3.63) is 24.4 Å². The van der Waals surface area contributed by atoms with Crippen molar-refractivity contribution in [3.63, 3.8) is 0 Å². The van der Waals surface area contributed by atoms with E-state index in [-0.39, 0.29) is 0 Å². The van der Waals surface area contributed by atoms with Crippen molar-refractivity contribution in [2.24, 2.45) is 5.92 Å². The fourth-order valence-electron chi connectivity index (χ4n) is 2.34. The molecule has 1 unspecified atom stereocenters. The van der Waals surface area contributed by atoms with Gasteiger partial charge in [0.25, 0.3) is 0 Å². The molecule has 1 aliphatic rings. The van der Waals surface area contributed by atoms with Crippen LogP contribution >= 0.6 is 0 Å². The average Bonchev–Trinajstić information content (AvgIpc) is 3.03. The summed E-state index contributed by atoms with van der Waals surface area (Å²) in [5, 5.41) is 12.0. The highest BCUT2D eigenvalue weighted by Gasteiger charge is 2.30. The fraction of sp³-hybridized carbons (Fsp3) is 0.462. The summed E-state index contributed by atoms with van der Waals surface area (Å²) in [5.41, 5.74) is 2.32. The molecule has 3 nitrogen and oxygen atoms in total. The number of anilines is 1. The quantitative estimate of drug-likeness (QED) is 0.822. The predicted octanol–water partition coefficient (Wildman–Crippen LogP) is 3.16. The molecular formula is C13H17N3. The van der Waals surface area contributed by atoms with Gasteiger partial charge in [-0.3, -0.25) is 5.10 Å². The lowest BCUT2D eigenvalue weighted by Gasteiger charge is -2.17. The largest absolute Gasteiger partial charge is 0.380 e. The standard InChI is InChI=1S/C13H17N3/c1-2-11(9-6-7-9)15-12-5-3-4-10-8-14-16-13(10)12/h3-5,8-9,11,15H,2,6-7H2,1H3,(H,14,16). The van der Waals surface area contributed by atoms with Crippen LogP contribution in [0.2, 0.25) is 0 Å². The van der Waals surface area contributed by atoms with E-state index in [4.69, 9.17) is 0 Å². The third-order valence-electron chi connectivity index (χ3n) is 3.45. The molecule has 3 rings (SSSR count). The number of benzene rings is 1. The highest BCUT2D eigenvalue weighted by atomic mass is 15.1. The van der Waals surface area contributed by atoms with E-state index in [1.165, 1.54) is 30.3 Å². The number of rotatable bonds is 4. The van der Waals surface area contributed by atoms with Gasteiger partial charge in [0.2, 0.25) is 0 Å². The number of hydrogen-bond donors (Lipinski definition) is 2. The summed E-state index contributed by atoms with van der Waals surface area (Å²) < 4.78 is 0. The molecule has 0 spiro atoms. The molecule has 1 aliphatic carbocycles. The Morgan fingerprint density at radius 1 is 1.50 bits per heavy atom. The van der Waals surface area contributed by atoms with Crippen molar-refractivity contribution < 1.29 is 0 Å². The lowest BCUT2D eigenvalue weighted by Crippen LogP contribution is -2.20. The summed E-state index contributed by atoms with van der Waals surface area (Å²) in [6.45, 7) is 2.25. The Morgan fingerprint density at radius 2 is 2.38 bits per heavy atom. The first-order valence-electron chi connectivity index (χ1n) is 6.07. The third-order valence-corrected chi connectivity index (χ3v) is 3.45. The molecule has 0 aliphatic heterocycles. The second-order valence-corrected chi connectivity index (χ2v) is 4.64. The molecule has 1 heterocycles. The molecule has 1 fully saturated rings. The monoisotopic (exact) mass is 215 g/mol. The maximum Gasteiger partial charge on any atom is 0.0881 e. The van der Waals surface area contributed by atoms with Crippen molar-refractivity contribution in [2.75, 3.05) is 5.32 Å². The summed E-state index contributed by atoms with van der Waals surface area (Å²) in [6.07, 6.45) is 5.82. The second-order valence-electron chi connectivity index (χ2n) is 4.64. The van der Waals surface area contributed by atoms with E-state index in [2.05, 4.69) is 40.6 Å². The van der Waals surface area contributed by atoms with E-state index in [9.17, 15) is 0 Å². The minimum atomic E-state index is 0.619. The Bertz CT molecular complexity index is 485. The molecule has 2 N–H and O–H groups in total. The zero-order valence-corrected chi connectivity index (χ0v) is 9.53. The molecule has 1 aromatic carbocycles. The van der Waals surface area contributed by atoms with Crippen LogP contribution in [0.25, 0.3) is 10.9 Å². The van der Waals surface area contributed by atoms with Crippen molar-refractivity contribution in [1.29, 1.82) is 0 Å². The predicted molar refractivity (Wildman–Crippen MR) is 66.5 cm³/mol. The molecule has 1 saturated carbocycles. The van der Waals surface area contributed by atoms with Crippen LogP contribution in [0.3, 0.4) is 0 Å². The van der Waals surface area contributed by atoms with Crippen LogP contribution < -0.4 is 5.32 Å².